The van der Waals surface area contributed by atoms with Gasteiger partial charge in [0, 0.05) is 23.8 Å². The van der Waals surface area contributed by atoms with Gasteiger partial charge in [-0.1, -0.05) is 65.7 Å². The van der Waals surface area contributed by atoms with Gasteiger partial charge in [0.25, 0.3) is 5.91 Å². The van der Waals surface area contributed by atoms with Crippen molar-refractivity contribution >= 4 is 35.2 Å². The number of hydrogen-bond acceptors (Lipinski definition) is 4. The Morgan fingerprint density at radius 2 is 1.86 bits per heavy atom. The fourth-order valence-electron chi connectivity index (χ4n) is 3.43. The van der Waals surface area contributed by atoms with Crippen LogP contribution in [-0.4, -0.2) is 27.9 Å². The molecule has 0 aliphatic heterocycles. The first-order valence-electron chi connectivity index (χ1n) is 9.09. The van der Waals surface area contributed by atoms with Crippen LogP contribution in [0.2, 0.25) is 10.0 Å². The monoisotopic (exact) mass is 428 g/mol. The maximum Gasteiger partial charge on any atom is 0.281 e. The molecule has 0 fully saturated rings. The normalized spacial score (nSPS) is 13.9. The Balaban J connectivity index is 1.81. The van der Waals surface area contributed by atoms with Gasteiger partial charge in [-0.05, 0) is 25.0 Å². The lowest BCUT2D eigenvalue weighted by Crippen LogP contribution is -2.18. The standard InChI is InChI=1S/C22H18Cl2N2O3/c1-29-22(28)14-11-9-13(10-12-14)20-15-5-2-3-8-18(15)26(25-20)21(27)19-16(23)6-4-7-17(19)24/h2,4-7,9-12,22,28H,3,8H2,1H3. The third-order valence-electron chi connectivity index (χ3n) is 4.92. The number of carbonyl (C=O) groups is 1. The van der Waals surface area contributed by atoms with Gasteiger partial charge in [-0.2, -0.15) is 9.78 Å². The van der Waals surface area contributed by atoms with Crippen LogP contribution in [0.25, 0.3) is 17.3 Å². The summed E-state index contributed by atoms with van der Waals surface area (Å²) in [6, 6.07) is 12.2. The van der Waals surface area contributed by atoms with Gasteiger partial charge in [-0.25, -0.2) is 0 Å². The molecule has 1 heterocycles. The summed E-state index contributed by atoms with van der Waals surface area (Å²) in [5.41, 5.74) is 4.11. The minimum atomic E-state index is -0.987. The summed E-state index contributed by atoms with van der Waals surface area (Å²) in [7, 11) is 1.44. The molecule has 3 aromatic rings. The molecule has 29 heavy (non-hydrogen) atoms. The van der Waals surface area contributed by atoms with E-state index in [1.54, 1.807) is 30.3 Å². The molecule has 0 saturated carbocycles. The second-order valence-corrected chi connectivity index (χ2v) is 7.49. The van der Waals surface area contributed by atoms with Crippen molar-refractivity contribution in [3.63, 3.8) is 0 Å². The number of hydrogen-bond donors (Lipinski definition) is 1. The fraction of sp³-hybridized carbons (Fsp3) is 0.182. The molecule has 4 rings (SSSR count). The van der Waals surface area contributed by atoms with E-state index in [1.807, 2.05) is 18.2 Å². The van der Waals surface area contributed by atoms with Gasteiger partial charge in [-0.15, -0.1) is 0 Å². The molecular formula is C22H18Cl2N2O3. The number of fused-ring (bicyclic) bond motifs is 1. The van der Waals surface area contributed by atoms with Gasteiger partial charge in [0.2, 0.25) is 0 Å². The number of ether oxygens (including phenoxy) is 1. The van der Waals surface area contributed by atoms with E-state index in [2.05, 4.69) is 11.2 Å². The van der Waals surface area contributed by atoms with Crippen LogP contribution >= 0.6 is 23.2 Å². The molecule has 1 aromatic heterocycles. The average Bonchev–Trinajstić information content (AvgIpc) is 3.13. The highest BCUT2D eigenvalue weighted by molar-refractivity contribution is 6.39. The number of nitrogens with zero attached hydrogens (tertiary/aromatic N) is 2. The van der Waals surface area contributed by atoms with Crippen molar-refractivity contribution in [1.29, 1.82) is 0 Å². The minimum Gasteiger partial charge on any atom is -0.364 e. The van der Waals surface area contributed by atoms with Crippen molar-refractivity contribution in [2.24, 2.45) is 0 Å². The van der Waals surface area contributed by atoms with Crippen molar-refractivity contribution in [2.75, 3.05) is 7.11 Å². The Bertz CT molecular complexity index is 1080. The predicted octanol–water partition coefficient (Wildman–Crippen LogP) is 5.14. The molecule has 0 amide bonds. The van der Waals surface area contributed by atoms with Crippen LogP contribution in [0.3, 0.4) is 0 Å². The lowest BCUT2D eigenvalue weighted by atomic mass is 9.98. The minimum absolute atomic E-state index is 0.237. The van der Waals surface area contributed by atoms with Crippen LogP contribution in [0.15, 0.2) is 48.5 Å². The Morgan fingerprint density at radius 3 is 2.52 bits per heavy atom. The van der Waals surface area contributed by atoms with Gasteiger partial charge in [0.05, 0.1) is 21.3 Å². The molecule has 1 aliphatic carbocycles. The van der Waals surface area contributed by atoms with E-state index in [4.69, 9.17) is 27.9 Å². The molecule has 148 valence electrons. The highest BCUT2D eigenvalue weighted by Gasteiger charge is 2.26. The topological polar surface area (TPSA) is 64.3 Å². The molecular weight excluding hydrogens is 411 g/mol. The third-order valence-corrected chi connectivity index (χ3v) is 5.55. The van der Waals surface area contributed by atoms with Crippen molar-refractivity contribution in [1.82, 2.24) is 9.78 Å². The number of allylic oxidation sites excluding steroid dienone is 1. The van der Waals surface area contributed by atoms with Crippen molar-refractivity contribution in [3.05, 3.63) is 81.0 Å². The highest BCUT2D eigenvalue weighted by Crippen LogP contribution is 2.33. The van der Waals surface area contributed by atoms with Crippen molar-refractivity contribution in [3.8, 4) is 11.3 Å². The van der Waals surface area contributed by atoms with Crippen LogP contribution in [0, 0.1) is 0 Å². The zero-order valence-corrected chi connectivity index (χ0v) is 17.1. The van der Waals surface area contributed by atoms with E-state index in [9.17, 15) is 9.90 Å². The summed E-state index contributed by atoms with van der Waals surface area (Å²) < 4.78 is 6.34. The molecule has 2 aromatic carbocycles. The van der Waals surface area contributed by atoms with Gasteiger partial charge in [-0.3, -0.25) is 4.79 Å². The number of methoxy groups -OCH3 is 1. The lowest BCUT2D eigenvalue weighted by Gasteiger charge is -2.11. The summed E-state index contributed by atoms with van der Waals surface area (Å²) >= 11 is 12.5. The number of carbonyl (C=O) groups excluding carboxylic acids is 1. The number of rotatable bonds is 4. The zero-order chi connectivity index (χ0) is 20.5. The summed E-state index contributed by atoms with van der Waals surface area (Å²) in [4.78, 5) is 13.2. The molecule has 5 nitrogen and oxygen atoms in total. The molecule has 0 bridgehead atoms. The molecule has 0 radical (unpaired) electrons. The van der Waals surface area contributed by atoms with Crippen LogP contribution in [-0.2, 0) is 11.2 Å². The smallest absolute Gasteiger partial charge is 0.281 e. The summed E-state index contributed by atoms with van der Waals surface area (Å²) in [5.74, 6) is -0.357. The molecule has 1 aliphatic rings. The first kappa shape index (κ1) is 19.9. The van der Waals surface area contributed by atoms with E-state index in [1.165, 1.54) is 11.8 Å². The molecule has 1 N–H and O–H groups in total. The molecule has 0 saturated heterocycles. The van der Waals surface area contributed by atoms with Crippen LogP contribution in [0.1, 0.15) is 39.9 Å². The first-order valence-corrected chi connectivity index (χ1v) is 9.85. The predicted molar refractivity (Wildman–Crippen MR) is 113 cm³/mol. The van der Waals surface area contributed by atoms with E-state index in [0.29, 0.717) is 17.7 Å². The Labute approximate surface area is 178 Å². The van der Waals surface area contributed by atoms with Gasteiger partial charge < -0.3 is 9.84 Å². The molecule has 7 heteroatoms. The quantitative estimate of drug-likeness (QED) is 0.584. The molecule has 1 unspecified atom stereocenters. The summed E-state index contributed by atoms with van der Waals surface area (Å²) in [6.07, 6.45) is 4.57. The number of aliphatic hydroxyl groups is 1. The third kappa shape index (κ3) is 3.63. The molecule has 0 spiro atoms. The van der Waals surface area contributed by atoms with Crippen LogP contribution < -0.4 is 0 Å². The Morgan fingerprint density at radius 1 is 1.17 bits per heavy atom. The lowest BCUT2D eigenvalue weighted by molar-refractivity contribution is -0.0769. The van der Waals surface area contributed by atoms with Gasteiger partial charge in [0.1, 0.15) is 5.69 Å². The summed E-state index contributed by atoms with van der Waals surface area (Å²) in [5, 5.41) is 15.0. The average molecular weight is 429 g/mol. The summed E-state index contributed by atoms with van der Waals surface area (Å²) in [6.45, 7) is 0. The van der Waals surface area contributed by atoms with Gasteiger partial charge >= 0.3 is 0 Å². The fourth-order valence-corrected chi connectivity index (χ4v) is 3.99. The van der Waals surface area contributed by atoms with Gasteiger partial charge in [0.15, 0.2) is 6.29 Å². The Kier molecular flexibility index (Phi) is 5.56. The van der Waals surface area contributed by atoms with E-state index in [-0.39, 0.29) is 21.5 Å². The highest BCUT2D eigenvalue weighted by atomic mass is 35.5. The van der Waals surface area contributed by atoms with E-state index >= 15 is 0 Å². The van der Waals surface area contributed by atoms with Crippen molar-refractivity contribution < 1.29 is 14.6 Å². The second-order valence-electron chi connectivity index (χ2n) is 6.67. The van der Waals surface area contributed by atoms with E-state index < -0.39 is 6.29 Å². The number of aliphatic hydroxyl groups excluding tert-OH is 1. The maximum absolute atomic E-state index is 13.2. The van der Waals surface area contributed by atoms with Crippen LogP contribution in [0.4, 0.5) is 0 Å². The maximum atomic E-state index is 13.2. The van der Waals surface area contributed by atoms with Crippen LogP contribution in [0.5, 0.6) is 0 Å². The SMILES string of the molecule is COC(O)c1ccc(-c2nn(C(=O)c3c(Cl)cccc3Cl)c3c2C=CCC3)cc1. The zero-order valence-electron chi connectivity index (χ0n) is 15.6. The molecule has 1 atom stereocenters. The number of aromatic nitrogens is 2. The first-order chi connectivity index (χ1) is 14.0. The largest absolute Gasteiger partial charge is 0.364 e. The van der Waals surface area contributed by atoms with Crippen molar-refractivity contribution in [2.45, 2.75) is 19.1 Å². The second kappa shape index (κ2) is 8.13. The Hall–Kier alpha value is -2.44. The number of benzene rings is 2. The number of halogens is 2. The van der Waals surface area contributed by atoms with E-state index in [0.717, 1.165) is 23.2 Å².